The first-order chi connectivity index (χ1) is 13.6. The first-order valence-electron chi connectivity index (χ1n) is 8.30. The van der Waals surface area contributed by atoms with Crippen LogP contribution < -0.4 is 0 Å². The number of benzene rings is 1. The summed E-state index contributed by atoms with van der Waals surface area (Å²) < 4.78 is 5.71. The molecular weight excluding hydrogens is 398 g/mol. The Morgan fingerprint density at radius 3 is 2.68 bits per heavy atom. The largest absolute Gasteiger partial charge is 0.410 e. The van der Waals surface area contributed by atoms with Crippen LogP contribution in [-0.4, -0.2) is 25.1 Å². The van der Waals surface area contributed by atoms with E-state index in [1.165, 1.54) is 35.2 Å². The van der Waals surface area contributed by atoms with E-state index in [1.807, 2.05) is 30.5 Å². The minimum absolute atomic E-state index is 0.0250. The highest BCUT2D eigenvalue weighted by atomic mass is 32.2. The number of hydrogen-bond acceptors (Lipinski definition) is 9. The van der Waals surface area contributed by atoms with Crippen molar-refractivity contribution < 1.29 is 9.34 Å². The lowest BCUT2D eigenvalue weighted by atomic mass is 10.2. The Hall–Kier alpha value is -3.11. The SMILES string of the molecule is CCc1cc(Sc2nnc(-c3cccs3)o2)nc(-c2ccc([N+](=O)[O-])cc2)n1. The maximum atomic E-state index is 10.8. The zero-order chi connectivity index (χ0) is 19.5. The molecule has 0 aliphatic heterocycles. The lowest BCUT2D eigenvalue weighted by Crippen LogP contribution is -1.97. The molecule has 0 spiro atoms. The van der Waals surface area contributed by atoms with Crippen molar-refractivity contribution in [1.82, 2.24) is 20.2 Å². The first-order valence-corrected chi connectivity index (χ1v) is 10.00. The first kappa shape index (κ1) is 18.3. The summed E-state index contributed by atoms with van der Waals surface area (Å²) in [5.74, 6) is 0.965. The van der Waals surface area contributed by atoms with Crippen LogP contribution in [0.25, 0.3) is 22.2 Å². The van der Waals surface area contributed by atoms with Crippen molar-refractivity contribution in [2.45, 2.75) is 23.6 Å². The van der Waals surface area contributed by atoms with Gasteiger partial charge in [0.25, 0.3) is 16.8 Å². The number of nitro benzene ring substituents is 1. The summed E-state index contributed by atoms with van der Waals surface area (Å²) in [5, 5.41) is 22.0. The van der Waals surface area contributed by atoms with Crippen LogP contribution in [0.15, 0.2) is 62.5 Å². The Kier molecular flexibility index (Phi) is 5.13. The number of aryl methyl sites for hydroxylation is 1. The van der Waals surface area contributed by atoms with Crippen LogP contribution in [0.2, 0.25) is 0 Å². The van der Waals surface area contributed by atoms with Crippen molar-refractivity contribution >= 4 is 28.8 Å². The molecule has 0 amide bonds. The van der Waals surface area contributed by atoms with Gasteiger partial charge >= 0.3 is 0 Å². The molecule has 0 saturated heterocycles. The highest BCUT2D eigenvalue weighted by Gasteiger charge is 2.14. The normalized spacial score (nSPS) is 10.9. The number of nitrogens with zero attached hydrogens (tertiary/aromatic N) is 5. The van der Waals surface area contributed by atoms with Crippen molar-refractivity contribution in [3.05, 3.63) is 63.7 Å². The average molecular weight is 411 g/mol. The molecule has 0 aliphatic carbocycles. The Bertz CT molecular complexity index is 1110. The molecule has 10 heteroatoms. The third-order valence-corrected chi connectivity index (χ3v) is 5.40. The van der Waals surface area contributed by atoms with Gasteiger partial charge in [-0.1, -0.05) is 13.0 Å². The van der Waals surface area contributed by atoms with Gasteiger partial charge in [0.15, 0.2) is 5.82 Å². The van der Waals surface area contributed by atoms with Crippen LogP contribution in [0.3, 0.4) is 0 Å². The highest BCUT2D eigenvalue weighted by molar-refractivity contribution is 7.99. The molecule has 3 heterocycles. The predicted octanol–water partition coefficient (Wildman–Crippen LogP) is 4.88. The van der Waals surface area contributed by atoms with E-state index in [0.29, 0.717) is 27.5 Å². The molecule has 4 rings (SSSR count). The summed E-state index contributed by atoms with van der Waals surface area (Å²) in [6.45, 7) is 2.00. The van der Waals surface area contributed by atoms with Gasteiger partial charge in [0.1, 0.15) is 5.03 Å². The summed E-state index contributed by atoms with van der Waals surface area (Å²) in [6, 6.07) is 11.9. The molecular formula is C18H13N5O3S2. The molecule has 3 aromatic heterocycles. The number of aromatic nitrogens is 4. The predicted molar refractivity (Wildman–Crippen MR) is 105 cm³/mol. The van der Waals surface area contributed by atoms with Gasteiger partial charge in [0.2, 0.25) is 0 Å². The Morgan fingerprint density at radius 1 is 1.18 bits per heavy atom. The maximum Gasteiger partial charge on any atom is 0.283 e. The molecule has 0 atom stereocenters. The molecule has 4 aromatic rings. The van der Waals surface area contributed by atoms with E-state index in [9.17, 15) is 10.1 Å². The van der Waals surface area contributed by atoms with Crippen LogP contribution in [0.1, 0.15) is 12.6 Å². The van der Waals surface area contributed by atoms with Crippen molar-refractivity contribution in [2.75, 3.05) is 0 Å². The van der Waals surface area contributed by atoms with Gasteiger partial charge < -0.3 is 4.42 Å². The van der Waals surface area contributed by atoms with Crippen LogP contribution in [0.4, 0.5) is 5.69 Å². The topological polar surface area (TPSA) is 108 Å². The number of non-ortho nitro benzene ring substituents is 1. The molecule has 0 unspecified atom stereocenters. The van der Waals surface area contributed by atoms with E-state index in [1.54, 1.807) is 12.1 Å². The second-order valence-corrected chi connectivity index (χ2v) is 7.55. The van der Waals surface area contributed by atoms with Crippen LogP contribution in [0, 0.1) is 10.1 Å². The van der Waals surface area contributed by atoms with Crippen molar-refractivity contribution in [2.24, 2.45) is 0 Å². The second kappa shape index (κ2) is 7.87. The van der Waals surface area contributed by atoms with E-state index >= 15 is 0 Å². The summed E-state index contributed by atoms with van der Waals surface area (Å²) in [5.41, 5.74) is 1.58. The second-order valence-electron chi connectivity index (χ2n) is 5.63. The standard InChI is InChI=1S/C18H13N5O3S2/c1-2-12-10-15(28-18-22-21-17(26-18)14-4-3-9-27-14)20-16(19-12)11-5-7-13(8-6-11)23(24)25/h3-10H,2H2,1H3. The van der Waals surface area contributed by atoms with E-state index < -0.39 is 4.92 Å². The molecule has 1 aromatic carbocycles. The fourth-order valence-electron chi connectivity index (χ4n) is 2.41. The molecule has 0 saturated carbocycles. The lowest BCUT2D eigenvalue weighted by molar-refractivity contribution is -0.384. The zero-order valence-corrected chi connectivity index (χ0v) is 16.2. The number of hydrogen-bond donors (Lipinski definition) is 0. The fraction of sp³-hybridized carbons (Fsp3) is 0.111. The Balaban J connectivity index is 1.62. The van der Waals surface area contributed by atoms with Gasteiger partial charge in [-0.3, -0.25) is 10.1 Å². The molecule has 140 valence electrons. The smallest absolute Gasteiger partial charge is 0.283 e. The van der Waals surface area contributed by atoms with Gasteiger partial charge in [-0.2, -0.15) is 0 Å². The molecule has 0 N–H and O–H groups in total. The molecule has 8 nitrogen and oxygen atoms in total. The van der Waals surface area contributed by atoms with Crippen LogP contribution in [0.5, 0.6) is 0 Å². The zero-order valence-electron chi connectivity index (χ0n) is 14.6. The van der Waals surface area contributed by atoms with Crippen molar-refractivity contribution in [3.8, 4) is 22.2 Å². The third-order valence-electron chi connectivity index (χ3n) is 3.78. The Labute approximate surface area is 167 Å². The molecule has 0 radical (unpaired) electrons. The van der Waals surface area contributed by atoms with Gasteiger partial charge in [0.05, 0.1) is 9.80 Å². The van der Waals surface area contributed by atoms with Gasteiger partial charge in [-0.15, -0.1) is 21.5 Å². The van der Waals surface area contributed by atoms with E-state index in [4.69, 9.17) is 4.42 Å². The summed E-state index contributed by atoms with van der Waals surface area (Å²) in [7, 11) is 0. The maximum absolute atomic E-state index is 10.8. The highest BCUT2D eigenvalue weighted by Crippen LogP contribution is 2.31. The number of nitro groups is 1. The summed E-state index contributed by atoms with van der Waals surface area (Å²) in [6.07, 6.45) is 0.723. The molecule has 28 heavy (non-hydrogen) atoms. The monoisotopic (exact) mass is 411 g/mol. The quantitative estimate of drug-likeness (QED) is 0.251. The molecule has 0 fully saturated rings. The average Bonchev–Trinajstić information content (AvgIpc) is 3.39. The summed E-state index contributed by atoms with van der Waals surface area (Å²) >= 11 is 2.78. The van der Waals surface area contributed by atoms with Crippen LogP contribution >= 0.6 is 23.1 Å². The van der Waals surface area contributed by atoms with Crippen molar-refractivity contribution in [1.29, 1.82) is 0 Å². The van der Waals surface area contributed by atoms with E-state index in [-0.39, 0.29) is 5.69 Å². The Morgan fingerprint density at radius 2 is 2.00 bits per heavy atom. The number of rotatable bonds is 6. The van der Waals surface area contributed by atoms with E-state index in [2.05, 4.69) is 20.2 Å². The summed E-state index contributed by atoms with van der Waals surface area (Å²) in [4.78, 5) is 20.4. The molecule has 0 aliphatic rings. The third kappa shape index (κ3) is 3.92. The minimum Gasteiger partial charge on any atom is -0.410 e. The van der Waals surface area contributed by atoms with Gasteiger partial charge in [-0.05, 0) is 47.8 Å². The van der Waals surface area contributed by atoms with Gasteiger partial charge in [0, 0.05) is 23.4 Å². The molecule has 0 bridgehead atoms. The fourth-order valence-corrected chi connectivity index (χ4v) is 3.76. The minimum atomic E-state index is -0.435. The number of thiophene rings is 1. The lowest BCUT2D eigenvalue weighted by Gasteiger charge is -2.05. The van der Waals surface area contributed by atoms with Crippen LogP contribution in [-0.2, 0) is 6.42 Å². The van der Waals surface area contributed by atoms with E-state index in [0.717, 1.165) is 17.0 Å². The van der Waals surface area contributed by atoms with Gasteiger partial charge in [-0.25, -0.2) is 9.97 Å². The van der Waals surface area contributed by atoms with Crippen molar-refractivity contribution in [3.63, 3.8) is 0 Å².